The Morgan fingerprint density at radius 3 is 2.87 bits per heavy atom. The van der Waals surface area contributed by atoms with Crippen molar-refractivity contribution in [3.05, 3.63) is 73.9 Å². The molecule has 1 aromatic carbocycles. The molecular formula is C16H10N2O3S2. The molecule has 0 N–H and O–H groups in total. The summed E-state index contributed by atoms with van der Waals surface area (Å²) in [6.45, 7) is 0. The fourth-order valence-corrected chi connectivity index (χ4v) is 3.41. The minimum absolute atomic E-state index is 0.0994. The maximum Gasteiger partial charge on any atom is 0.270 e. The Morgan fingerprint density at radius 1 is 1.26 bits per heavy atom. The molecule has 0 saturated carbocycles. The van der Waals surface area contributed by atoms with E-state index in [1.807, 2.05) is 22.2 Å². The average molecular weight is 342 g/mol. The number of allylic oxidation sites excluding steroid dienone is 1. The molecule has 7 heteroatoms. The van der Waals surface area contributed by atoms with Crippen LogP contribution in [0.2, 0.25) is 0 Å². The number of aromatic nitrogens is 1. The van der Waals surface area contributed by atoms with Gasteiger partial charge in [-0.2, -0.15) is 11.3 Å². The van der Waals surface area contributed by atoms with Crippen LogP contribution in [0.4, 0.5) is 5.69 Å². The van der Waals surface area contributed by atoms with Gasteiger partial charge in [-0.15, -0.1) is 11.3 Å². The zero-order valence-electron chi connectivity index (χ0n) is 11.7. The molecule has 5 nitrogen and oxygen atoms in total. The second-order valence-corrected chi connectivity index (χ2v) is 6.23. The minimum Gasteiger partial charge on any atom is -0.289 e. The van der Waals surface area contributed by atoms with Crippen molar-refractivity contribution in [1.82, 2.24) is 4.98 Å². The Bertz CT molecular complexity index is 882. The van der Waals surface area contributed by atoms with Crippen LogP contribution in [0.5, 0.6) is 0 Å². The van der Waals surface area contributed by atoms with Gasteiger partial charge in [0, 0.05) is 34.0 Å². The van der Waals surface area contributed by atoms with Crippen molar-refractivity contribution >= 4 is 40.2 Å². The number of rotatable bonds is 5. The number of carbonyl (C=O) groups excluding carboxylic acids is 1. The maximum absolute atomic E-state index is 12.1. The van der Waals surface area contributed by atoms with Gasteiger partial charge in [0.15, 0.2) is 5.78 Å². The van der Waals surface area contributed by atoms with Crippen LogP contribution in [0.3, 0.4) is 0 Å². The van der Waals surface area contributed by atoms with E-state index in [-0.39, 0.29) is 17.0 Å². The summed E-state index contributed by atoms with van der Waals surface area (Å²) >= 11 is 3.11. The standard InChI is InChI=1S/C16H10N2O3S2/c19-15(11-2-1-3-14(8-11)18(20)21)5-4-13-10-23-16(17-13)12-6-7-22-9-12/h1-10H/b5-4+. The predicted molar refractivity (Wildman–Crippen MR) is 91.9 cm³/mol. The van der Waals surface area contributed by atoms with E-state index in [1.165, 1.54) is 35.6 Å². The van der Waals surface area contributed by atoms with E-state index in [1.54, 1.807) is 23.5 Å². The van der Waals surface area contributed by atoms with Gasteiger partial charge in [0.05, 0.1) is 10.6 Å². The summed E-state index contributed by atoms with van der Waals surface area (Å²) in [4.78, 5) is 26.8. The number of carbonyl (C=O) groups is 1. The van der Waals surface area contributed by atoms with Gasteiger partial charge in [-0.3, -0.25) is 14.9 Å². The number of benzene rings is 1. The third kappa shape index (κ3) is 3.58. The lowest BCUT2D eigenvalue weighted by Gasteiger charge is -1.95. The van der Waals surface area contributed by atoms with Crippen LogP contribution >= 0.6 is 22.7 Å². The highest BCUT2D eigenvalue weighted by Gasteiger charge is 2.09. The summed E-state index contributed by atoms with van der Waals surface area (Å²) < 4.78 is 0. The van der Waals surface area contributed by atoms with E-state index < -0.39 is 4.92 Å². The van der Waals surface area contributed by atoms with E-state index in [2.05, 4.69) is 4.98 Å². The van der Waals surface area contributed by atoms with Crippen molar-refractivity contribution in [2.24, 2.45) is 0 Å². The van der Waals surface area contributed by atoms with Crippen LogP contribution in [-0.4, -0.2) is 15.7 Å². The number of nitrogens with zero attached hydrogens (tertiary/aromatic N) is 2. The molecule has 23 heavy (non-hydrogen) atoms. The van der Waals surface area contributed by atoms with Gasteiger partial charge in [0.25, 0.3) is 5.69 Å². The zero-order chi connectivity index (χ0) is 16.2. The Labute approximate surface area is 139 Å². The summed E-state index contributed by atoms with van der Waals surface area (Å²) in [5.74, 6) is -0.293. The van der Waals surface area contributed by atoms with E-state index in [0.29, 0.717) is 5.69 Å². The number of ketones is 1. The molecule has 0 aliphatic rings. The largest absolute Gasteiger partial charge is 0.289 e. The van der Waals surface area contributed by atoms with Crippen molar-refractivity contribution in [2.75, 3.05) is 0 Å². The minimum atomic E-state index is -0.520. The number of nitro benzene ring substituents is 1. The lowest BCUT2D eigenvalue weighted by molar-refractivity contribution is -0.384. The molecule has 3 aromatic rings. The van der Waals surface area contributed by atoms with Crippen LogP contribution in [0, 0.1) is 10.1 Å². The Hall–Kier alpha value is -2.64. The highest BCUT2D eigenvalue weighted by molar-refractivity contribution is 7.14. The number of non-ortho nitro benzene ring substituents is 1. The Kier molecular flexibility index (Phi) is 4.40. The van der Waals surface area contributed by atoms with Gasteiger partial charge in [-0.1, -0.05) is 12.1 Å². The first-order chi connectivity index (χ1) is 11.1. The summed E-state index contributed by atoms with van der Waals surface area (Å²) in [6, 6.07) is 7.66. The SMILES string of the molecule is O=C(/C=C/c1csc(-c2ccsc2)n1)c1cccc([N+](=O)[O-])c1. The lowest BCUT2D eigenvalue weighted by Crippen LogP contribution is -1.96. The third-order valence-corrected chi connectivity index (χ3v) is 4.63. The maximum atomic E-state index is 12.1. The number of nitro groups is 1. The van der Waals surface area contributed by atoms with Crippen LogP contribution in [-0.2, 0) is 0 Å². The lowest BCUT2D eigenvalue weighted by atomic mass is 10.1. The molecule has 0 bridgehead atoms. The molecule has 0 fully saturated rings. The van der Waals surface area contributed by atoms with Crippen LogP contribution < -0.4 is 0 Å². The molecule has 0 aliphatic heterocycles. The van der Waals surface area contributed by atoms with Crippen molar-refractivity contribution in [3.63, 3.8) is 0 Å². The van der Waals surface area contributed by atoms with E-state index in [4.69, 9.17) is 0 Å². The number of thiophene rings is 1. The zero-order valence-corrected chi connectivity index (χ0v) is 13.3. The number of hydrogen-bond donors (Lipinski definition) is 0. The Balaban J connectivity index is 1.76. The number of hydrogen-bond acceptors (Lipinski definition) is 6. The first-order valence-corrected chi connectivity index (χ1v) is 8.41. The van der Waals surface area contributed by atoms with Crippen molar-refractivity contribution in [1.29, 1.82) is 0 Å². The van der Waals surface area contributed by atoms with E-state index in [9.17, 15) is 14.9 Å². The molecule has 0 atom stereocenters. The molecule has 0 saturated heterocycles. The van der Waals surface area contributed by atoms with Gasteiger partial charge in [-0.05, 0) is 23.6 Å². The van der Waals surface area contributed by atoms with Gasteiger partial charge < -0.3 is 0 Å². The molecule has 0 aliphatic carbocycles. The quantitative estimate of drug-likeness (QED) is 0.292. The smallest absolute Gasteiger partial charge is 0.270 e. The molecule has 0 amide bonds. The normalized spacial score (nSPS) is 11.0. The molecule has 2 heterocycles. The predicted octanol–water partition coefficient (Wildman–Crippen LogP) is 4.68. The highest BCUT2D eigenvalue weighted by Crippen LogP contribution is 2.26. The monoisotopic (exact) mass is 342 g/mol. The first kappa shape index (κ1) is 15.3. The van der Waals surface area contributed by atoms with E-state index >= 15 is 0 Å². The molecule has 2 aromatic heterocycles. The van der Waals surface area contributed by atoms with Gasteiger partial charge in [0.2, 0.25) is 0 Å². The highest BCUT2D eigenvalue weighted by atomic mass is 32.1. The summed E-state index contributed by atoms with van der Waals surface area (Å²) in [7, 11) is 0. The second kappa shape index (κ2) is 6.64. The first-order valence-electron chi connectivity index (χ1n) is 6.58. The molecule has 114 valence electrons. The summed E-state index contributed by atoms with van der Waals surface area (Å²) in [5.41, 5.74) is 1.93. The van der Waals surface area contributed by atoms with Gasteiger partial charge >= 0.3 is 0 Å². The second-order valence-electron chi connectivity index (χ2n) is 4.59. The van der Waals surface area contributed by atoms with Crippen molar-refractivity contribution < 1.29 is 9.72 Å². The third-order valence-electron chi connectivity index (χ3n) is 3.04. The van der Waals surface area contributed by atoms with Gasteiger partial charge in [-0.25, -0.2) is 4.98 Å². The molecule has 0 radical (unpaired) electrons. The van der Waals surface area contributed by atoms with Gasteiger partial charge in [0.1, 0.15) is 5.01 Å². The topological polar surface area (TPSA) is 73.1 Å². The molecule has 0 spiro atoms. The van der Waals surface area contributed by atoms with Crippen LogP contribution in [0.15, 0.2) is 52.5 Å². The summed E-state index contributed by atoms with van der Waals surface area (Å²) in [5, 5.41) is 17.5. The summed E-state index contributed by atoms with van der Waals surface area (Å²) in [6.07, 6.45) is 3.00. The van der Waals surface area contributed by atoms with Crippen molar-refractivity contribution in [3.8, 4) is 10.6 Å². The van der Waals surface area contributed by atoms with E-state index in [0.717, 1.165) is 10.6 Å². The molecular weight excluding hydrogens is 332 g/mol. The molecule has 0 unspecified atom stereocenters. The van der Waals surface area contributed by atoms with Crippen LogP contribution in [0.1, 0.15) is 16.1 Å². The Morgan fingerprint density at radius 2 is 2.13 bits per heavy atom. The number of thiazole rings is 1. The van der Waals surface area contributed by atoms with Crippen molar-refractivity contribution in [2.45, 2.75) is 0 Å². The molecule has 3 rings (SSSR count). The fourth-order valence-electron chi connectivity index (χ4n) is 1.91. The van der Waals surface area contributed by atoms with Crippen LogP contribution in [0.25, 0.3) is 16.6 Å². The fraction of sp³-hybridized carbons (Fsp3) is 0. The average Bonchev–Trinajstić information content (AvgIpc) is 3.23.